The molecule has 0 radical (unpaired) electrons. The zero-order valence-corrected chi connectivity index (χ0v) is 19.0. The molecule has 0 atom stereocenters. The van der Waals surface area contributed by atoms with Gasteiger partial charge in [-0.25, -0.2) is 4.98 Å². The van der Waals surface area contributed by atoms with E-state index in [1.807, 2.05) is 43.0 Å². The predicted molar refractivity (Wildman–Crippen MR) is 124 cm³/mol. The first kappa shape index (κ1) is 22.0. The Labute approximate surface area is 191 Å². The van der Waals surface area contributed by atoms with Gasteiger partial charge in [-0.1, -0.05) is 0 Å². The van der Waals surface area contributed by atoms with E-state index >= 15 is 0 Å². The van der Waals surface area contributed by atoms with Crippen LogP contribution in [0, 0.1) is 0 Å². The highest BCUT2D eigenvalue weighted by Crippen LogP contribution is 2.31. The smallest absolute Gasteiger partial charge is 0.275 e. The summed E-state index contributed by atoms with van der Waals surface area (Å²) >= 11 is 1.50. The summed E-state index contributed by atoms with van der Waals surface area (Å²) < 4.78 is 5.65. The molecular formula is C24H26N4O3S. The van der Waals surface area contributed by atoms with Crippen LogP contribution in [0.1, 0.15) is 58.5 Å². The van der Waals surface area contributed by atoms with E-state index in [0.29, 0.717) is 30.0 Å². The molecule has 0 spiro atoms. The van der Waals surface area contributed by atoms with E-state index in [0.717, 1.165) is 23.6 Å². The fourth-order valence-electron chi connectivity index (χ4n) is 3.67. The van der Waals surface area contributed by atoms with Crippen molar-refractivity contribution in [2.75, 3.05) is 18.4 Å². The summed E-state index contributed by atoms with van der Waals surface area (Å²) in [6.07, 6.45) is 5.02. The molecule has 32 heavy (non-hydrogen) atoms. The molecule has 4 rings (SSSR count). The van der Waals surface area contributed by atoms with Gasteiger partial charge in [0.25, 0.3) is 11.8 Å². The number of ether oxygens (including phenoxy) is 1. The molecule has 1 N–H and O–H groups in total. The monoisotopic (exact) mass is 450 g/mol. The van der Waals surface area contributed by atoms with Crippen molar-refractivity contribution < 1.29 is 14.3 Å². The number of piperidine rings is 1. The molecule has 1 fully saturated rings. The third-order valence-electron chi connectivity index (χ3n) is 5.28. The van der Waals surface area contributed by atoms with Gasteiger partial charge in [0.05, 0.1) is 23.0 Å². The van der Waals surface area contributed by atoms with Crippen molar-refractivity contribution in [1.29, 1.82) is 0 Å². The number of likely N-dealkylation sites (tertiary alicyclic amines) is 1. The maximum atomic E-state index is 12.9. The summed E-state index contributed by atoms with van der Waals surface area (Å²) in [7, 11) is 0. The van der Waals surface area contributed by atoms with Crippen molar-refractivity contribution in [1.82, 2.24) is 14.9 Å². The Morgan fingerprint density at radius 1 is 1.16 bits per heavy atom. The molecule has 0 unspecified atom stereocenters. The van der Waals surface area contributed by atoms with Gasteiger partial charge in [0.1, 0.15) is 11.4 Å². The van der Waals surface area contributed by atoms with Gasteiger partial charge in [-0.15, -0.1) is 11.3 Å². The Morgan fingerprint density at radius 2 is 1.91 bits per heavy atom. The van der Waals surface area contributed by atoms with Gasteiger partial charge in [0.15, 0.2) is 0 Å². The lowest BCUT2D eigenvalue weighted by atomic mass is 9.97. The SMILES string of the molecule is CC(C)Oc1ccc(C(=O)N2CCC(c3nc(C(=O)Nc4cccnc4)cs3)CC2)cc1. The zero-order valence-electron chi connectivity index (χ0n) is 18.2. The predicted octanol–water partition coefficient (Wildman–Crippen LogP) is 4.60. The first-order chi connectivity index (χ1) is 15.5. The Kier molecular flexibility index (Phi) is 6.80. The zero-order chi connectivity index (χ0) is 22.5. The summed E-state index contributed by atoms with van der Waals surface area (Å²) in [5, 5.41) is 5.55. The molecule has 1 aromatic carbocycles. The third kappa shape index (κ3) is 5.31. The average molecular weight is 451 g/mol. The third-order valence-corrected chi connectivity index (χ3v) is 6.29. The lowest BCUT2D eigenvalue weighted by Gasteiger charge is -2.31. The molecule has 8 heteroatoms. The summed E-state index contributed by atoms with van der Waals surface area (Å²) in [6, 6.07) is 10.9. The molecule has 7 nitrogen and oxygen atoms in total. The number of hydrogen-bond acceptors (Lipinski definition) is 6. The minimum absolute atomic E-state index is 0.0372. The Balaban J connectivity index is 1.32. The number of amides is 2. The number of pyridine rings is 1. The lowest BCUT2D eigenvalue weighted by molar-refractivity contribution is 0.0713. The molecule has 166 valence electrons. The van der Waals surface area contributed by atoms with E-state index in [9.17, 15) is 9.59 Å². The quantitative estimate of drug-likeness (QED) is 0.593. The highest BCUT2D eigenvalue weighted by atomic mass is 32.1. The van der Waals surface area contributed by atoms with Gasteiger partial charge in [-0.2, -0.15) is 0 Å². The summed E-state index contributed by atoms with van der Waals surface area (Å²) in [4.78, 5) is 35.7. The van der Waals surface area contributed by atoms with E-state index in [4.69, 9.17) is 4.74 Å². The number of thiazole rings is 1. The summed E-state index contributed by atoms with van der Waals surface area (Å²) in [5.41, 5.74) is 1.72. The van der Waals surface area contributed by atoms with Gasteiger partial charge in [-0.05, 0) is 63.1 Å². The van der Waals surface area contributed by atoms with Crippen LogP contribution in [0.5, 0.6) is 5.75 Å². The van der Waals surface area contributed by atoms with Crippen LogP contribution >= 0.6 is 11.3 Å². The van der Waals surface area contributed by atoms with E-state index < -0.39 is 0 Å². The highest BCUT2D eigenvalue weighted by molar-refractivity contribution is 7.10. The standard InChI is InChI=1S/C24H26N4O3S/c1-16(2)31-20-7-5-18(6-8-20)24(30)28-12-9-17(10-13-28)23-27-21(15-32-23)22(29)26-19-4-3-11-25-14-19/h3-8,11,14-17H,9-10,12-13H2,1-2H3,(H,26,29). The van der Waals surface area contributed by atoms with Crippen LogP contribution in [-0.4, -0.2) is 45.9 Å². The molecular weight excluding hydrogens is 424 g/mol. The van der Waals surface area contributed by atoms with Crippen molar-refractivity contribution in [2.24, 2.45) is 0 Å². The Morgan fingerprint density at radius 3 is 2.56 bits per heavy atom. The van der Waals surface area contributed by atoms with E-state index in [1.165, 1.54) is 11.3 Å². The Hall–Kier alpha value is -3.26. The molecule has 2 amide bonds. The van der Waals surface area contributed by atoms with Crippen LogP contribution in [0.2, 0.25) is 0 Å². The Bertz CT molecular complexity index is 1060. The molecule has 2 aromatic heterocycles. The summed E-state index contributed by atoms with van der Waals surface area (Å²) in [6.45, 7) is 5.29. The largest absolute Gasteiger partial charge is 0.491 e. The maximum absolute atomic E-state index is 12.9. The molecule has 0 bridgehead atoms. The van der Waals surface area contributed by atoms with Crippen LogP contribution < -0.4 is 10.1 Å². The van der Waals surface area contributed by atoms with Crippen molar-refractivity contribution in [2.45, 2.75) is 38.7 Å². The number of carbonyl (C=O) groups excluding carboxylic acids is 2. The number of rotatable bonds is 6. The van der Waals surface area contributed by atoms with Gasteiger partial charge < -0.3 is 15.0 Å². The molecule has 1 aliphatic rings. The number of hydrogen-bond donors (Lipinski definition) is 1. The van der Waals surface area contributed by atoms with E-state index in [-0.39, 0.29) is 23.8 Å². The van der Waals surface area contributed by atoms with E-state index in [2.05, 4.69) is 15.3 Å². The second kappa shape index (κ2) is 9.91. The average Bonchev–Trinajstić information content (AvgIpc) is 3.30. The number of nitrogens with zero attached hydrogens (tertiary/aromatic N) is 3. The van der Waals surface area contributed by atoms with Crippen LogP contribution in [0.4, 0.5) is 5.69 Å². The minimum Gasteiger partial charge on any atom is -0.491 e. The molecule has 3 aromatic rings. The van der Waals surface area contributed by atoms with Gasteiger partial charge in [0, 0.05) is 36.1 Å². The van der Waals surface area contributed by atoms with Crippen LogP contribution in [0.25, 0.3) is 0 Å². The fraction of sp³-hybridized carbons (Fsp3) is 0.333. The number of nitrogens with one attached hydrogen (secondary N) is 1. The number of anilines is 1. The second-order valence-electron chi connectivity index (χ2n) is 8.02. The molecule has 0 aliphatic carbocycles. The van der Waals surface area contributed by atoms with Gasteiger partial charge >= 0.3 is 0 Å². The van der Waals surface area contributed by atoms with Gasteiger partial charge in [-0.3, -0.25) is 14.6 Å². The van der Waals surface area contributed by atoms with E-state index in [1.54, 1.807) is 29.9 Å². The van der Waals surface area contributed by atoms with Crippen LogP contribution in [-0.2, 0) is 0 Å². The minimum atomic E-state index is -0.238. The first-order valence-electron chi connectivity index (χ1n) is 10.7. The summed E-state index contributed by atoms with van der Waals surface area (Å²) in [5.74, 6) is 0.821. The molecule has 3 heterocycles. The molecule has 1 aliphatic heterocycles. The lowest BCUT2D eigenvalue weighted by Crippen LogP contribution is -2.37. The number of aromatic nitrogens is 2. The van der Waals surface area contributed by atoms with Gasteiger partial charge in [0.2, 0.25) is 0 Å². The fourth-order valence-corrected chi connectivity index (χ4v) is 4.64. The van der Waals surface area contributed by atoms with Crippen LogP contribution in [0.15, 0.2) is 54.2 Å². The first-order valence-corrected chi connectivity index (χ1v) is 11.6. The maximum Gasteiger partial charge on any atom is 0.275 e. The topological polar surface area (TPSA) is 84.4 Å². The molecule has 0 saturated carbocycles. The second-order valence-corrected chi connectivity index (χ2v) is 8.91. The van der Waals surface area contributed by atoms with Crippen molar-refractivity contribution in [3.63, 3.8) is 0 Å². The van der Waals surface area contributed by atoms with Crippen molar-refractivity contribution >= 4 is 28.8 Å². The van der Waals surface area contributed by atoms with Crippen LogP contribution in [0.3, 0.4) is 0 Å². The number of carbonyl (C=O) groups is 2. The normalized spacial score (nSPS) is 14.4. The van der Waals surface area contributed by atoms with Crippen molar-refractivity contribution in [3.8, 4) is 5.75 Å². The number of benzene rings is 1. The van der Waals surface area contributed by atoms with Crippen molar-refractivity contribution in [3.05, 3.63) is 70.4 Å². The highest BCUT2D eigenvalue weighted by Gasteiger charge is 2.27. The molecule has 1 saturated heterocycles.